The molecule has 2 heterocycles. The third-order valence-corrected chi connectivity index (χ3v) is 13.1. The van der Waals surface area contributed by atoms with Crippen molar-refractivity contribution in [1.82, 2.24) is 0 Å². The average Bonchev–Trinajstić information content (AvgIpc) is 3.40. The Morgan fingerprint density at radius 2 is 0.771 bits per heavy atom. The Balaban J connectivity index is 1.19. The molecule has 6 aromatic rings. The first-order chi connectivity index (χ1) is 34.5. The molecule has 10 atom stereocenters. The second-order valence-electron chi connectivity index (χ2n) is 17.3. The Hall–Kier alpha value is -5.22. The van der Waals surface area contributed by atoms with Crippen molar-refractivity contribution in [2.75, 3.05) is 19.0 Å². The number of esters is 1. The molecule has 0 aliphatic carbocycles. The molecule has 2 fully saturated rings. The quantitative estimate of drug-likeness (QED) is 0.0510. The van der Waals surface area contributed by atoms with E-state index < -0.39 is 66.5 Å². The molecule has 0 amide bonds. The second-order valence-corrected chi connectivity index (χ2v) is 18.6. The Kier molecular flexibility index (Phi) is 20.0. The van der Waals surface area contributed by atoms with Gasteiger partial charge in [-0.3, -0.25) is 4.79 Å². The second kappa shape index (κ2) is 27.4. The van der Waals surface area contributed by atoms with Crippen LogP contribution in [-0.4, -0.2) is 85.5 Å². The first-order valence-corrected chi connectivity index (χ1v) is 25.2. The lowest BCUT2D eigenvalue weighted by molar-refractivity contribution is -0.358. The number of hydrogen-bond acceptors (Lipinski definition) is 12. The number of benzene rings is 6. The molecule has 2 aliphatic rings. The van der Waals surface area contributed by atoms with Crippen LogP contribution in [0.25, 0.3) is 0 Å². The zero-order chi connectivity index (χ0) is 48.2. The predicted molar refractivity (Wildman–Crippen MR) is 268 cm³/mol. The summed E-state index contributed by atoms with van der Waals surface area (Å²) in [7, 11) is 0. The minimum Gasteiger partial charge on any atom is -0.456 e. The number of carbonyl (C=O) groups is 1. The van der Waals surface area contributed by atoms with E-state index in [4.69, 9.17) is 47.4 Å². The summed E-state index contributed by atoms with van der Waals surface area (Å²) in [4.78, 5) is 13.2. The van der Waals surface area contributed by atoms with Crippen molar-refractivity contribution in [2.24, 2.45) is 0 Å². The van der Waals surface area contributed by atoms with Gasteiger partial charge in [-0.15, -0.1) is 11.8 Å². The van der Waals surface area contributed by atoms with E-state index in [1.807, 2.05) is 189 Å². The van der Waals surface area contributed by atoms with Crippen LogP contribution in [0.4, 0.5) is 0 Å². The zero-order valence-corrected chi connectivity index (χ0v) is 40.7. The van der Waals surface area contributed by atoms with Gasteiger partial charge in [0, 0.05) is 6.92 Å². The Bertz CT molecular complexity index is 2370. The largest absolute Gasteiger partial charge is 0.456 e. The molecule has 8 rings (SSSR count). The first-order valence-electron chi connectivity index (χ1n) is 24.1. The molecule has 368 valence electrons. The molecule has 6 aromatic carbocycles. The zero-order valence-electron chi connectivity index (χ0n) is 39.9. The predicted octanol–water partition coefficient (Wildman–Crippen LogP) is 10.3. The summed E-state index contributed by atoms with van der Waals surface area (Å²) in [6, 6.07) is 59.9. The summed E-state index contributed by atoms with van der Waals surface area (Å²) in [5.74, 6) is 0.179. The van der Waals surface area contributed by atoms with Gasteiger partial charge in [0.15, 0.2) is 12.4 Å². The fraction of sp³-hybridized carbons (Fsp3) is 0.362. The molecule has 0 spiro atoms. The fourth-order valence-electron chi connectivity index (χ4n) is 8.63. The molecular weight excluding hydrogens is 905 g/mol. The third kappa shape index (κ3) is 15.1. The fourth-order valence-corrected chi connectivity index (χ4v) is 9.58. The van der Waals surface area contributed by atoms with Gasteiger partial charge in [0.1, 0.15) is 48.2 Å². The van der Waals surface area contributed by atoms with E-state index in [0.29, 0.717) is 19.0 Å². The van der Waals surface area contributed by atoms with Gasteiger partial charge < -0.3 is 47.4 Å². The van der Waals surface area contributed by atoms with Crippen LogP contribution in [0, 0.1) is 0 Å². The Morgan fingerprint density at radius 1 is 0.429 bits per heavy atom. The molecule has 0 radical (unpaired) electrons. The van der Waals surface area contributed by atoms with Gasteiger partial charge in [-0.1, -0.05) is 189 Å². The summed E-state index contributed by atoms with van der Waals surface area (Å²) in [6.45, 7) is 5.36. The first kappa shape index (κ1) is 51.1. The highest BCUT2D eigenvalue weighted by Crippen LogP contribution is 2.39. The molecule has 0 saturated carbocycles. The van der Waals surface area contributed by atoms with Crippen molar-refractivity contribution in [3.05, 3.63) is 215 Å². The minimum absolute atomic E-state index is 0.129. The molecule has 0 unspecified atom stereocenters. The van der Waals surface area contributed by atoms with E-state index in [9.17, 15) is 4.79 Å². The highest BCUT2D eigenvalue weighted by Gasteiger charge is 2.55. The minimum atomic E-state index is -1.13. The molecule has 2 aliphatic heterocycles. The van der Waals surface area contributed by atoms with Gasteiger partial charge in [0.05, 0.1) is 52.9 Å². The van der Waals surface area contributed by atoms with E-state index in [0.717, 1.165) is 33.4 Å². The van der Waals surface area contributed by atoms with Crippen LogP contribution < -0.4 is 0 Å². The van der Waals surface area contributed by atoms with Crippen molar-refractivity contribution < 1.29 is 52.2 Å². The molecule has 0 aromatic heterocycles. The number of hydrogen-bond donors (Lipinski definition) is 0. The topological polar surface area (TPSA) is 109 Å². The van der Waals surface area contributed by atoms with Gasteiger partial charge in [-0.05, 0) is 39.1 Å². The van der Waals surface area contributed by atoms with Crippen LogP contribution in [0.1, 0.15) is 47.2 Å². The van der Waals surface area contributed by atoms with Crippen molar-refractivity contribution in [3.8, 4) is 0 Å². The summed E-state index contributed by atoms with van der Waals surface area (Å²) < 4.78 is 68.6. The van der Waals surface area contributed by atoms with Crippen LogP contribution in [0.5, 0.6) is 0 Å². The van der Waals surface area contributed by atoms with Crippen molar-refractivity contribution in [2.45, 2.75) is 114 Å². The molecule has 11 nitrogen and oxygen atoms in total. The van der Waals surface area contributed by atoms with Crippen LogP contribution >= 0.6 is 11.8 Å². The molecule has 0 bridgehead atoms. The van der Waals surface area contributed by atoms with Crippen LogP contribution in [-0.2, 0) is 91.8 Å². The van der Waals surface area contributed by atoms with Gasteiger partial charge in [0.25, 0.3) is 0 Å². The van der Waals surface area contributed by atoms with Gasteiger partial charge >= 0.3 is 5.97 Å². The molecule has 70 heavy (non-hydrogen) atoms. The van der Waals surface area contributed by atoms with Crippen molar-refractivity contribution >= 4 is 17.7 Å². The van der Waals surface area contributed by atoms with Crippen LogP contribution in [0.15, 0.2) is 182 Å². The smallest absolute Gasteiger partial charge is 0.303 e. The normalized spacial score (nSPS) is 24.5. The highest BCUT2D eigenvalue weighted by molar-refractivity contribution is 7.99. The maximum Gasteiger partial charge on any atom is 0.303 e. The highest BCUT2D eigenvalue weighted by atomic mass is 32.2. The average molecular weight is 969 g/mol. The molecular formula is C58H64O11S. The SMILES string of the molecule is CCS[C@H]1O[C@H](COCc2ccccc2)[C@@H](OCc2ccccc2)[C@H](O[C@H]2O[C@H](COCc3ccccc3)[C@H](OCc3ccccc3)[C@H](OCc3ccccc3)[C@H]2OCc2ccccc2)[C@@H]1OC(C)=O. The van der Waals surface area contributed by atoms with Gasteiger partial charge in [-0.2, -0.15) is 0 Å². The van der Waals surface area contributed by atoms with E-state index in [1.54, 1.807) is 0 Å². The summed E-state index contributed by atoms with van der Waals surface area (Å²) in [5, 5.41) is 0. The van der Waals surface area contributed by atoms with E-state index in [1.165, 1.54) is 18.7 Å². The number of ether oxygens (including phenoxy) is 10. The van der Waals surface area contributed by atoms with Crippen LogP contribution in [0.2, 0.25) is 0 Å². The molecule has 12 heteroatoms. The molecule has 2 saturated heterocycles. The van der Waals surface area contributed by atoms with Crippen molar-refractivity contribution in [3.63, 3.8) is 0 Å². The number of carbonyl (C=O) groups excluding carboxylic acids is 1. The number of thioether (sulfide) groups is 1. The lowest BCUT2D eigenvalue weighted by Crippen LogP contribution is -2.66. The summed E-state index contributed by atoms with van der Waals surface area (Å²) in [6.07, 6.45) is -7.58. The van der Waals surface area contributed by atoms with E-state index >= 15 is 0 Å². The van der Waals surface area contributed by atoms with Crippen LogP contribution in [0.3, 0.4) is 0 Å². The summed E-state index contributed by atoms with van der Waals surface area (Å²) >= 11 is 1.52. The third-order valence-electron chi connectivity index (χ3n) is 12.0. The van der Waals surface area contributed by atoms with Crippen molar-refractivity contribution in [1.29, 1.82) is 0 Å². The Labute approximate surface area is 416 Å². The van der Waals surface area contributed by atoms with E-state index in [-0.39, 0.29) is 39.6 Å². The maximum absolute atomic E-state index is 13.2. The van der Waals surface area contributed by atoms with Gasteiger partial charge in [-0.25, -0.2) is 0 Å². The monoisotopic (exact) mass is 968 g/mol. The standard InChI is InChI=1S/C58H64O11S/c1-3-70-58-56(66-42(2)59)54(52(63-37-46-28-16-7-17-29-46)50(68-58)41-61-35-44-24-12-5-13-25-44)69-57-55(65-39-48-32-20-9-21-33-48)53(64-38-47-30-18-8-19-31-47)51(62-36-45-26-14-6-15-27-45)49(67-57)40-60-34-43-22-10-4-11-23-43/h4-33,49-58H,3,34-41H2,1-2H3/t49-,50-,51+,52-,53+,54+,55-,56+,57-,58-/m1/s1. The van der Waals surface area contributed by atoms with Gasteiger partial charge in [0.2, 0.25) is 0 Å². The maximum atomic E-state index is 13.2. The Morgan fingerprint density at radius 3 is 1.16 bits per heavy atom. The molecule has 0 N–H and O–H groups in total. The van der Waals surface area contributed by atoms with E-state index in [2.05, 4.69) is 0 Å². The number of rotatable bonds is 25. The lowest BCUT2D eigenvalue weighted by atomic mass is 9.96. The lowest BCUT2D eigenvalue weighted by Gasteiger charge is -2.50. The summed E-state index contributed by atoms with van der Waals surface area (Å²) in [5.41, 5.74) is 5.23.